The predicted molar refractivity (Wildman–Crippen MR) is 87.3 cm³/mol. The minimum absolute atomic E-state index is 0.00698. The van der Waals surface area contributed by atoms with Crippen molar-refractivity contribution in [2.24, 2.45) is 5.73 Å². The Balaban J connectivity index is 1.91. The number of ether oxygens (including phenoxy) is 1. The molecule has 114 valence electrons. The molecule has 0 saturated heterocycles. The molecule has 1 aliphatic heterocycles. The summed E-state index contributed by atoms with van der Waals surface area (Å²) in [5, 5.41) is 9.99. The number of rotatable bonds is 4. The Bertz CT molecular complexity index is 670. The number of nitrogens with two attached hydrogens (primary N) is 1. The molecule has 22 heavy (non-hydrogen) atoms. The van der Waals surface area contributed by atoms with Crippen LogP contribution in [0.5, 0.6) is 11.5 Å². The minimum atomic E-state index is -0.853. The Kier molecular flexibility index (Phi) is 4.20. The van der Waals surface area contributed by atoms with E-state index >= 15 is 0 Å². The molecule has 1 heterocycles. The van der Waals surface area contributed by atoms with E-state index in [0.717, 1.165) is 40.1 Å². The molecule has 0 spiro atoms. The fourth-order valence-electron chi connectivity index (χ4n) is 2.81. The first-order valence-corrected chi connectivity index (χ1v) is 7.58. The van der Waals surface area contributed by atoms with E-state index in [1.807, 2.05) is 50.2 Å². The van der Waals surface area contributed by atoms with Gasteiger partial charge in [-0.05, 0) is 53.7 Å². The molecule has 5 heteroatoms. The zero-order valence-corrected chi connectivity index (χ0v) is 12.9. The highest BCUT2D eigenvalue weighted by Crippen LogP contribution is 2.28. The van der Waals surface area contributed by atoms with Gasteiger partial charge in [0.15, 0.2) is 0 Å². The first-order valence-electron chi connectivity index (χ1n) is 7.58. The lowest BCUT2D eigenvalue weighted by molar-refractivity contribution is 0.275. The van der Waals surface area contributed by atoms with Crippen LogP contribution in [-0.4, -0.2) is 12.1 Å². The molecule has 2 aromatic carbocycles. The monoisotopic (exact) mass is 297 g/mol. The number of benzene rings is 2. The fraction of sp³-hybridized carbons (Fsp3) is 0.294. The molecule has 0 aromatic heterocycles. The van der Waals surface area contributed by atoms with Gasteiger partial charge in [0.25, 0.3) is 0 Å². The normalized spacial score (nSPS) is 14.8. The summed E-state index contributed by atoms with van der Waals surface area (Å²) in [7, 11) is -0.853. The summed E-state index contributed by atoms with van der Waals surface area (Å²) in [5.74, 6) is 1.52. The zero-order chi connectivity index (χ0) is 15.7. The summed E-state index contributed by atoms with van der Waals surface area (Å²) in [6, 6.07) is 11.7. The van der Waals surface area contributed by atoms with Crippen LogP contribution in [0.1, 0.15) is 36.6 Å². The quantitative estimate of drug-likeness (QED) is 0.850. The van der Waals surface area contributed by atoms with E-state index in [0.29, 0.717) is 6.61 Å². The molecule has 0 radical (unpaired) electrons. The maximum Gasteiger partial charge on any atom is 0.492 e. The van der Waals surface area contributed by atoms with Crippen molar-refractivity contribution in [2.45, 2.75) is 32.9 Å². The van der Waals surface area contributed by atoms with Gasteiger partial charge in [0, 0.05) is 6.04 Å². The third-order valence-corrected chi connectivity index (χ3v) is 4.04. The number of fused-ring (bicyclic) bond motifs is 1. The average molecular weight is 297 g/mol. The Morgan fingerprint density at radius 1 is 1.27 bits per heavy atom. The topological polar surface area (TPSA) is 64.7 Å². The molecule has 0 saturated carbocycles. The molecule has 4 nitrogen and oxygen atoms in total. The highest BCUT2D eigenvalue weighted by Gasteiger charge is 2.31. The lowest BCUT2D eigenvalue weighted by Gasteiger charge is -2.14. The lowest BCUT2D eigenvalue weighted by atomic mass is 9.75. The molecule has 1 unspecified atom stereocenters. The highest BCUT2D eigenvalue weighted by molar-refractivity contribution is 6.62. The molecule has 1 atom stereocenters. The van der Waals surface area contributed by atoms with Crippen molar-refractivity contribution in [3.8, 4) is 11.5 Å². The van der Waals surface area contributed by atoms with E-state index in [9.17, 15) is 5.02 Å². The van der Waals surface area contributed by atoms with Crippen molar-refractivity contribution in [3.05, 3.63) is 53.1 Å². The summed E-state index contributed by atoms with van der Waals surface area (Å²) in [5.41, 5.74) is 9.81. The Labute approximate surface area is 131 Å². The summed E-state index contributed by atoms with van der Waals surface area (Å²) in [4.78, 5) is 0. The van der Waals surface area contributed by atoms with Gasteiger partial charge in [-0.15, -0.1) is 0 Å². The molecule has 0 fully saturated rings. The van der Waals surface area contributed by atoms with Crippen LogP contribution in [-0.2, 0) is 17.7 Å². The Morgan fingerprint density at radius 3 is 2.64 bits per heavy atom. The molecule has 1 aliphatic rings. The van der Waals surface area contributed by atoms with E-state index in [1.54, 1.807) is 0 Å². The summed E-state index contributed by atoms with van der Waals surface area (Å²) in [6.45, 7) is 4.45. The largest absolute Gasteiger partial charge is 0.492 e. The Hall–Kier alpha value is -1.82. The van der Waals surface area contributed by atoms with E-state index in [-0.39, 0.29) is 6.04 Å². The second-order valence-corrected chi connectivity index (χ2v) is 5.59. The SMILES string of the molecule is CCc1c(Oc2ccc(C(C)N)cc2)ccc2c1B(O)OC2. The first kappa shape index (κ1) is 15.1. The van der Waals surface area contributed by atoms with Crippen LogP contribution in [0.3, 0.4) is 0 Å². The van der Waals surface area contributed by atoms with Crippen molar-refractivity contribution in [2.75, 3.05) is 0 Å². The van der Waals surface area contributed by atoms with Crippen molar-refractivity contribution in [3.63, 3.8) is 0 Å². The van der Waals surface area contributed by atoms with Gasteiger partial charge in [0.2, 0.25) is 0 Å². The van der Waals surface area contributed by atoms with Crippen LogP contribution in [0.4, 0.5) is 0 Å². The van der Waals surface area contributed by atoms with Crippen LogP contribution in [0.2, 0.25) is 0 Å². The molecule has 3 N–H and O–H groups in total. The second-order valence-electron chi connectivity index (χ2n) is 5.59. The summed E-state index contributed by atoms with van der Waals surface area (Å²) < 4.78 is 11.3. The molecule has 0 bridgehead atoms. The van der Waals surface area contributed by atoms with E-state index < -0.39 is 7.12 Å². The third kappa shape index (κ3) is 2.75. The maximum atomic E-state index is 9.99. The molecule has 0 amide bonds. The zero-order valence-electron chi connectivity index (χ0n) is 12.9. The van der Waals surface area contributed by atoms with Gasteiger partial charge in [0.1, 0.15) is 11.5 Å². The first-order chi connectivity index (χ1) is 10.6. The van der Waals surface area contributed by atoms with Crippen molar-refractivity contribution in [1.82, 2.24) is 0 Å². The fourth-order valence-corrected chi connectivity index (χ4v) is 2.81. The average Bonchev–Trinajstić information content (AvgIpc) is 2.89. The minimum Gasteiger partial charge on any atom is -0.457 e. The van der Waals surface area contributed by atoms with Crippen LogP contribution < -0.4 is 15.9 Å². The van der Waals surface area contributed by atoms with Gasteiger partial charge < -0.3 is 20.1 Å². The Morgan fingerprint density at radius 2 is 2.00 bits per heavy atom. The van der Waals surface area contributed by atoms with Gasteiger partial charge in [-0.3, -0.25) is 0 Å². The van der Waals surface area contributed by atoms with E-state index in [4.69, 9.17) is 15.1 Å². The molecular weight excluding hydrogens is 277 g/mol. The number of hydrogen-bond donors (Lipinski definition) is 2. The van der Waals surface area contributed by atoms with Gasteiger partial charge in [-0.2, -0.15) is 0 Å². The van der Waals surface area contributed by atoms with E-state index in [1.165, 1.54) is 0 Å². The van der Waals surface area contributed by atoms with Gasteiger partial charge in [-0.25, -0.2) is 0 Å². The van der Waals surface area contributed by atoms with E-state index in [2.05, 4.69) is 0 Å². The summed E-state index contributed by atoms with van der Waals surface area (Å²) in [6.07, 6.45) is 0.775. The van der Waals surface area contributed by atoms with Gasteiger partial charge >= 0.3 is 7.12 Å². The van der Waals surface area contributed by atoms with Crippen LogP contribution >= 0.6 is 0 Å². The second kappa shape index (κ2) is 6.12. The predicted octanol–water partition coefficient (Wildman–Crippen LogP) is 2.28. The third-order valence-electron chi connectivity index (χ3n) is 4.04. The van der Waals surface area contributed by atoms with Crippen LogP contribution in [0.15, 0.2) is 36.4 Å². The van der Waals surface area contributed by atoms with Gasteiger partial charge in [-0.1, -0.05) is 25.1 Å². The van der Waals surface area contributed by atoms with Crippen molar-refractivity contribution < 1.29 is 14.4 Å². The number of hydrogen-bond acceptors (Lipinski definition) is 4. The van der Waals surface area contributed by atoms with Crippen LogP contribution in [0, 0.1) is 0 Å². The molecule has 2 aromatic rings. The summed E-state index contributed by atoms with van der Waals surface area (Å²) >= 11 is 0. The molecule has 0 aliphatic carbocycles. The maximum absolute atomic E-state index is 9.99. The van der Waals surface area contributed by atoms with Crippen molar-refractivity contribution >= 4 is 12.6 Å². The molecular formula is C17H20BNO3. The highest BCUT2D eigenvalue weighted by atomic mass is 16.5. The van der Waals surface area contributed by atoms with Crippen molar-refractivity contribution in [1.29, 1.82) is 0 Å². The standard InChI is InChI=1S/C17H20BNO3/c1-3-15-16(9-6-13-10-21-18(20)17(13)15)22-14-7-4-12(5-8-14)11(2)19/h4-9,11,20H,3,10,19H2,1-2H3. The van der Waals surface area contributed by atoms with Gasteiger partial charge in [0.05, 0.1) is 6.61 Å². The smallest absolute Gasteiger partial charge is 0.457 e. The van der Waals surface area contributed by atoms with Crippen LogP contribution in [0.25, 0.3) is 0 Å². The molecule has 3 rings (SSSR count). The lowest BCUT2D eigenvalue weighted by Crippen LogP contribution is -2.31.